The summed E-state index contributed by atoms with van der Waals surface area (Å²) in [5.74, 6) is -0.420. The molecular formula is C16H14FNO3. The number of benzene rings is 1. The molecule has 21 heavy (non-hydrogen) atoms. The van der Waals surface area contributed by atoms with E-state index >= 15 is 0 Å². The maximum atomic E-state index is 13.0. The fourth-order valence-corrected chi connectivity index (χ4v) is 1.95. The SMILES string of the molecule is O=C(OOCC1CC1)c1cnccc1-c1ccc(F)cc1. The van der Waals surface area contributed by atoms with Crippen LogP contribution in [0.1, 0.15) is 23.2 Å². The number of aromatic nitrogens is 1. The van der Waals surface area contributed by atoms with E-state index in [0.29, 0.717) is 29.2 Å². The predicted molar refractivity (Wildman–Crippen MR) is 73.7 cm³/mol. The molecule has 1 saturated carbocycles. The molecule has 0 bridgehead atoms. The number of hydrogen-bond donors (Lipinski definition) is 0. The molecule has 0 atom stereocenters. The van der Waals surface area contributed by atoms with Crippen molar-refractivity contribution in [3.8, 4) is 11.1 Å². The standard InChI is InChI=1S/C16H14FNO3/c17-13-5-3-12(4-6-13)14-7-8-18-9-15(14)16(19)21-20-10-11-1-2-11/h3-9,11H,1-2,10H2. The second-order valence-electron chi connectivity index (χ2n) is 5.03. The second kappa shape index (κ2) is 6.01. The smallest absolute Gasteiger partial charge is 0.293 e. The number of rotatable bonds is 5. The van der Waals surface area contributed by atoms with Crippen molar-refractivity contribution in [2.75, 3.05) is 6.61 Å². The molecule has 0 N–H and O–H groups in total. The summed E-state index contributed by atoms with van der Waals surface area (Å²) in [6.45, 7) is 0.428. The fraction of sp³-hybridized carbons (Fsp3) is 0.250. The molecule has 0 aliphatic heterocycles. The molecule has 0 unspecified atom stereocenters. The molecule has 3 rings (SSSR count). The highest BCUT2D eigenvalue weighted by atomic mass is 19.1. The molecule has 0 amide bonds. The first-order valence-corrected chi connectivity index (χ1v) is 6.78. The van der Waals surface area contributed by atoms with Gasteiger partial charge in [-0.1, -0.05) is 12.1 Å². The zero-order chi connectivity index (χ0) is 14.7. The Labute approximate surface area is 121 Å². The third-order valence-corrected chi connectivity index (χ3v) is 3.33. The number of hydrogen-bond acceptors (Lipinski definition) is 4. The van der Waals surface area contributed by atoms with Crippen LogP contribution < -0.4 is 0 Å². The van der Waals surface area contributed by atoms with E-state index in [2.05, 4.69) is 4.98 Å². The van der Waals surface area contributed by atoms with Crippen LogP contribution in [-0.4, -0.2) is 17.6 Å². The van der Waals surface area contributed by atoms with Crippen molar-refractivity contribution in [2.45, 2.75) is 12.8 Å². The first kappa shape index (κ1) is 13.7. The van der Waals surface area contributed by atoms with E-state index in [0.717, 1.165) is 12.8 Å². The van der Waals surface area contributed by atoms with Crippen molar-refractivity contribution in [3.63, 3.8) is 0 Å². The molecule has 1 fully saturated rings. The van der Waals surface area contributed by atoms with Crippen LogP contribution >= 0.6 is 0 Å². The van der Waals surface area contributed by atoms with Crippen LogP contribution in [0.15, 0.2) is 42.7 Å². The van der Waals surface area contributed by atoms with E-state index in [1.165, 1.54) is 18.3 Å². The molecule has 0 radical (unpaired) electrons. The Kier molecular flexibility index (Phi) is 3.92. The van der Waals surface area contributed by atoms with Gasteiger partial charge in [-0.3, -0.25) is 9.87 Å². The maximum Gasteiger partial charge on any atom is 0.375 e. The van der Waals surface area contributed by atoms with Gasteiger partial charge in [0.1, 0.15) is 5.82 Å². The summed E-state index contributed by atoms with van der Waals surface area (Å²) in [4.78, 5) is 25.7. The molecule has 0 saturated heterocycles. The summed E-state index contributed by atoms with van der Waals surface area (Å²) in [7, 11) is 0. The van der Waals surface area contributed by atoms with Gasteiger partial charge < -0.3 is 0 Å². The quantitative estimate of drug-likeness (QED) is 0.625. The number of nitrogens with zero attached hydrogens (tertiary/aromatic N) is 1. The van der Waals surface area contributed by atoms with E-state index in [1.54, 1.807) is 24.4 Å². The summed E-state index contributed by atoms with van der Waals surface area (Å²) in [6.07, 6.45) is 5.22. The van der Waals surface area contributed by atoms with Gasteiger partial charge in [0.15, 0.2) is 0 Å². The van der Waals surface area contributed by atoms with Crippen molar-refractivity contribution < 1.29 is 19.0 Å². The highest BCUT2D eigenvalue weighted by Crippen LogP contribution is 2.29. The third-order valence-electron chi connectivity index (χ3n) is 3.33. The Balaban J connectivity index is 1.77. The lowest BCUT2D eigenvalue weighted by atomic mass is 10.0. The lowest BCUT2D eigenvalue weighted by Crippen LogP contribution is -2.09. The van der Waals surface area contributed by atoms with Crippen LogP contribution in [0.2, 0.25) is 0 Å². The lowest BCUT2D eigenvalue weighted by molar-refractivity contribution is -0.243. The van der Waals surface area contributed by atoms with Crippen molar-refractivity contribution in [3.05, 3.63) is 54.1 Å². The molecule has 1 aliphatic carbocycles. The van der Waals surface area contributed by atoms with Crippen molar-refractivity contribution in [1.82, 2.24) is 4.98 Å². The Morgan fingerprint density at radius 2 is 2.00 bits per heavy atom. The fourth-order valence-electron chi connectivity index (χ4n) is 1.95. The van der Waals surface area contributed by atoms with Gasteiger partial charge in [0.25, 0.3) is 0 Å². The summed E-state index contributed by atoms with van der Waals surface area (Å²) >= 11 is 0. The summed E-state index contributed by atoms with van der Waals surface area (Å²) in [5, 5.41) is 0. The molecule has 1 aliphatic rings. The Morgan fingerprint density at radius 3 is 2.71 bits per heavy atom. The highest BCUT2D eigenvalue weighted by molar-refractivity contribution is 5.96. The number of carbonyl (C=O) groups is 1. The summed E-state index contributed by atoms with van der Waals surface area (Å²) in [5.41, 5.74) is 1.64. The summed E-state index contributed by atoms with van der Waals surface area (Å²) in [6, 6.07) is 7.58. The van der Waals surface area contributed by atoms with Crippen LogP contribution in [-0.2, 0) is 9.78 Å². The van der Waals surface area contributed by atoms with Gasteiger partial charge >= 0.3 is 5.97 Å². The summed E-state index contributed by atoms with van der Waals surface area (Å²) < 4.78 is 13.0. The topological polar surface area (TPSA) is 48.4 Å². The van der Waals surface area contributed by atoms with Gasteiger partial charge in [0, 0.05) is 12.4 Å². The Bertz CT molecular complexity index is 638. The normalized spacial score (nSPS) is 14.0. The molecule has 108 valence electrons. The predicted octanol–water partition coefficient (Wildman–Crippen LogP) is 3.39. The van der Waals surface area contributed by atoms with Gasteiger partial charge in [-0.25, -0.2) is 9.18 Å². The van der Waals surface area contributed by atoms with Gasteiger partial charge in [-0.2, -0.15) is 4.89 Å². The number of pyridine rings is 1. The minimum atomic E-state index is -0.594. The minimum Gasteiger partial charge on any atom is -0.293 e. The first-order chi connectivity index (χ1) is 10.2. The second-order valence-corrected chi connectivity index (χ2v) is 5.03. The van der Waals surface area contributed by atoms with Crippen LogP contribution in [0.25, 0.3) is 11.1 Å². The van der Waals surface area contributed by atoms with E-state index in [4.69, 9.17) is 9.78 Å². The zero-order valence-corrected chi connectivity index (χ0v) is 11.3. The lowest BCUT2D eigenvalue weighted by Gasteiger charge is -2.08. The number of halogens is 1. The van der Waals surface area contributed by atoms with Crippen LogP contribution in [0.5, 0.6) is 0 Å². The Hall–Kier alpha value is -2.27. The number of carbonyl (C=O) groups excluding carboxylic acids is 1. The molecule has 4 nitrogen and oxygen atoms in total. The van der Waals surface area contributed by atoms with Crippen molar-refractivity contribution >= 4 is 5.97 Å². The van der Waals surface area contributed by atoms with Crippen LogP contribution in [0, 0.1) is 11.7 Å². The van der Waals surface area contributed by atoms with E-state index < -0.39 is 5.97 Å². The van der Waals surface area contributed by atoms with Gasteiger partial charge in [-0.15, -0.1) is 0 Å². The van der Waals surface area contributed by atoms with Gasteiger partial charge in [-0.05, 0) is 48.1 Å². The molecular weight excluding hydrogens is 273 g/mol. The average molecular weight is 287 g/mol. The average Bonchev–Trinajstić information content (AvgIpc) is 3.32. The molecule has 1 aromatic heterocycles. The van der Waals surface area contributed by atoms with E-state index in [9.17, 15) is 9.18 Å². The first-order valence-electron chi connectivity index (χ1n) is 6.78. The van der Waals surface area contributed by atoms with E-state index in [-0.39, 0.29) is 5.82 Å². The largest absolute Gasteiger partial charge is 0.375 e. The molecule has 0 spiro atoms. The molecule has 1 heterocycles. The maximum absolute atomic E-state index is 13.0. The van der Waals surface area contributed by atoms with Crippen LogP contribution in [0.4, 0.5) is 4.39 Å². The van der Waals surface area contributed by atoms with Crippen LogP contribution in [0.3, 0.4) is 0 Å². The Morgan fingerprint density at radius 1 is 1.24 bits per heavy atom. The zero-order valence-electron chi connectivity index (χ0n) is 11.3. The van der Waals surface area contributed by atoms with Gasteiger partial charge in [0.05, 0.1) is 12.2 Å². The monoisotopic (exact) mass is 287 g/mol. The molecule has 5 heteroatoms. The molecule has 2 aromatic rings. The minimum absolute atomic E-state index is 0.292. The van der Waals surface area contributed by atoms with Crippen molar-refractivity contribution in [2.24, 2.45) is 5.92 Å². The highest BCUT2D eigenvalue weighted by Gasteiger charge is 2.23. The van der Waals surface area contributed by atoms with Gasteiger partial charge in [0.2, 0.25) is 0 Å². The van der Waals surface area contributed by atoms with E-state index in [1.807, 2.05) is 0 Å². The molecule has 1 aromatic carbocycles. The van der Waals surface area contributed by atoms with Crippen molar-refractivity contribution in [1.29, 1.82) is 0 Å². The third kappa shape index (κ3) is 3.44.